The molecule has 25 heavy (non-hydrogen) atoms. The average molecular weight is 360 g/mol. The van der Waals surface area contributed by atoms with E-state index in [0.29, 0.717) is 37.7 Å². The second-order valence-electron chi connectivity index (χ2n) is 5.62. The van der Waals surface area contributed by atoms with Crippen LogP contribution in [0.15, 0.2) is 52.0 Å². The second kappa shape index (κ2) is 8.11. The highest BCUT2D eigenvalue weighted by atomic mass is 32.2. The molecule has 1 saturated heterocycles. The van der Waals surface area contributed by atoms with Crippen LogP contribution in [0.5, 0.6) is 5.75 Å². The summed E-state index contributed by atoms with van der Waals surface area (Å²) < 4.78 is 10.3. The quantitative estimate of drug-likeness (QED) is 0.766. The smallest absolute Gasteiger partial charge is 0.289 e. The predicted octanol–water partition coefficient (Wildman–Crippen LogP) is 2.36. The van der Waals surface area contributed by atoms with Crippen LogP contribution in [0, 0.1) is 0 Å². The van der Waals surface area contributed by atoms with Gasteiger partial charge in [-0.25, -0.2) is 0 Å². The molecule has 1 aliphatic heterocycles. The molecular weight excluding hydrogens is 340 g/mol. The Hall–Kier alpha value is -2.41. The number of carbonyl (C=O) groups is 2. The molecule has 132 valence electrons. The van der Waals surface area contributed by atoms with E-state index in [-0.39, 0.29) is 11.8 Å². The van der Waals surface area contributed by atoms with Gasteiger partial charge in [-0.15, -0.1) is 11.8 Å². The van der Waals surface area contributed by atoms with Crippen LogP contribution in [0.2, 0.25) is 0 Å². The molecule has 0 N–H and O–H groups in total. The number of thioether (sulfide) groups is 1. The Bertz CT molecular complexity index is 724. The van der Waals surface area contributed by atoms with E-state index in [9.17, 15) is 9.59 Å². The molecule has 2 aromatic rings. The van der Waals surface area contributed by atoms with Crippen molar-refractivity contribution in [1.82, 2.24) is 9.80 Å². The van der Waals surface area contributed by atoms with Gasteiger partial charge in [0.05, 0.1) is 19.1 Å². The number of rotatable bonds is 5. The Morgan fingerprint density at radius 3 is 2.56 bits per heavy atom. The molecule has 2 amide bonds. The molecule has 1 aliphatic rings. The van der Waals surface area contributed by atoms with E-state index in [1.165, 1.54) is 18.0 Å². The summed E-state index contributed by atoms with van der Waals surface area (Å²) in [6.07, 6.45) is 1.49. The fraction of sp³-hybridized carbons (Fsp3) is 0.333. The maximum absolute atomic E-state index is 12.4. The topological polar surface area (TPSA) is 63.0 Å². The number of carbonyl (C=O) groups excluding carboxylic acids is 2. The van der Waals surface area contributed by atoms with Gasteiger partial charge in [0.25, 0.3) is 5.91 Å². The van der Waals surface area contributed by atoms with Gasteiger partial charge in [-0.1, -0.05) is 6.07 Å². The molecular formula is C18H20N2O4S. The maximum Gasteiger partial charge on any atom is 0.289 e. The van der Waals surface area contributed by atoms with Crippen molar-refractivity contribution in [2.24, 2.45) is 0 Å². The second-order valence-corrected chi connectivity index (χ2v) is 6.67. The van der Waals surface area contributed by atoms with Crippen molar-refractivity contribution >= 4 is 23.6 Å². The Kier molecular flexibility index (Phi) is 5.65. The Morgan fingerprint density at radius 2 is 1.88 bits per heavy atom. The van der Waals surface area contributed by atoms with Gasteiger partial charge >= 0.3 is 0 Å². The summed E-state index contributed by atoms with van der Waals surface area (Å²) in [5, 5.41) is 0. The van der Waals surface area contributed by atoms with E-state index in [4.69, 9.17) is 9.15 Å². The van der Waals surface area contributed by atoms with E-state index in [1.807, 2.05) is 24.3 Å². The van der Waals surface area contributed by atoms with Crippen LogP contribution in [-0.4, -0.2) is 60.7 Å². The van der Waals surface area contributed by atoms with Gasteiger partial charge in [-0.05, 0) is 30.3 Å². The predicted molar refractivity (Wildman–Crippen MR) is 94.9 cm³/mol. The highest BCUT2D eigenvalue weighted by Crippen LogP contribution is 2.23. The number of hydrogen-bond acceptors (Lipinski definition) is 5. The molecule has 3 rings (SSSR count). The lowest BCUT2D eigenvalue weighted by atomic mass is 10.3. The molecule has 0 unspecified atom stereocenters. The third-order valence-electron chi connectivity index (χ3n) is 4.06. The van der Waals surface area contributed by atoms with Crippen LogP contribution >= 0.6 is 11.8 Å². The summed E-state index contributed by atoms with van der Waals surface area (Å²) in [5.74, 6) is 1.45. The lowest BCUT2D eigenvalue weighted by Gasteiger charge is -2.34. The number of hydrogen-bond donors (Lipinski definition) is 0. The highest BCUT2D eigenvalue weighted by molar-refractivity contribution is 8.00. The van der Waals surface area contributed by atoms with Crippen molar-refractivity contribution < 1.29 is 18.7 Å². The highest BCUT2D eigenvalue weighted by Gasteiger charge is 2.25. The van der Waals surface area contributed by atoms with Gasteiger partial charge in [0, 0.05) is 31.1 Å². The molecule has 0 atom stereocenters. The first kappa shape index (κ1) is 17.4. The zero-order chi connectivity index (χ0) is 17.6. The Morgan fingerprint density at radius 1 is 1.12 bits per heavy atom. The number of ether oxygens (including phenoxy) is 1. The van der Waals surface area contributed by atoms with Crippen molar-refractivity contribution in [3.05, 3.63) is 48.4 Å². The summed E-state index contributed by atoms with van der Waals surface area (Å²) in [4.78, 5) is 29.1. The van der Waals surface area contributed by atoms with Crippen LogP contribution in [-0.2, 0) is 4.79 Å². The van der Waals surface area contributed by atoms with E-state index < -0.39 is 0 Å². The molecule has 1 fully saturated rings. The van der Waals surface area contributed by atoms with E-state index in [1.54, 1.807) is 29.0 Å². The monoisotopic (exact) mass is 360 g/mol. The molecule has 0 saturated carbocycles. The summed E-state index contributed by atoms with van der Waals surface area (Å²) in [6.45, 7) is 2.14. The molecule has 7 heteroatoms. The molecule has 6 nitrogen and oxygen atoms in total. The standard InChI is InChI=1S/C18H20N2O4S/c1-23-14-4-2-5-15(12-14)25-13-17(21)19-7-9-20(10-8-19)18(22)16-6-3-11-24-16/h2-6,11-12H,7-10,13H2,1H3. The summed E-state index contributed by atoms with van der Waals surface area (Å²) in [5.41, 5.74) is 0. The summed E-state index contributed by atoms with van der Waals surface area (Å²) in [7, 11) is 1.62. The molecule has 0 bridgehead atoms. The van der Waals surface area contributed by atoms with Gasteiger partial charge in [-0.3, -0.25) is 9.59 Å². The zero-order valence-corrected chi connectivity index (χ0v) is 14.8. The van der Waals surface area contributed by atoms with Crippen LogP contribution < -0.4 is 4.74 Å². The van der Waals surface area contributed by atoms with Gasteiger partial charge in [0.2, 0.25) is 5.91 Å². The first-order valence-corrected chi connectivity index (χ1v) is 9.03. The SMILES string of the molecule is COc1cccc(SCC(=O)N2CCN(C(=O)c3ccco3)CC2)c1. The molecule has 1 aromatic heterocycles. The van der Waals surface area contributed by atoms with Gasteiger partial charge in [0.1, 0.15) is 5.75 Å². The van der Waals surface area contributed by atoms with Crippen molar-refractivity contribution in [2.45, 2.75) is 4.90 Å². The number of piperazine rings is 1. The van der Waals surface area contributed by atoms with E-state index in [0.717, 1.165) is 10.6 Å². The normalized spacial score (nSPS) is 14.4. The van der Waals surface area contributed by atoms with Gasteiger partial charge in [-0.2, -0.15) is 0 Å². The van der Waals surface area contributed by atoms with Crippen molar-refractivity contribution in [3.8, 4) is 5.75 Å². The van der Waals surface area contributed by atoms with Gasteiger partial charge < -0.3 is 19.0 Å². The minimum absolute atomic E-state index is 0.0814. The lowest BCUT2D eigenvalue weighted by Crippen LogP contribution is -2.51. The van der Waals surface area contributed by atoms with Crippen molar-refractivity contribution in [2.75, 3.05) is 39.0 Å². The minimum atomic E-state index is -0.122. The molecule has 1 aromatic carbocycles. The summed E-state index contributed by atoms with van der Waals surface area (Å²) in [6, 6.07) is 11.0. The molecule has 0 radical (unpaired) electrons. The minimum Gasteiger partial charge on any atom is -0.497 e. The summed E-state index contributed by atoms with van der Waals surface area (Å²) >= 11 is 1.49. The van der Waals surface area contributed by atoms with Gasteiger partial charge in [0.15, 0.2) is 5.76 Å². The van der Waals surface area contributed by atoms with Crippen LogP contribution in [0.25, 0.3) is 0 Å². The molecule has 2 heterocycles. The number of furan rings is 1. The number of amides is 2. The number of benzene rings is 1. The van der Waals surface area contributed by atoms with Crippen LogP contribution in [0.4, 0.5) is 0 Å². The Balaban J connectivity index is 1.47. The number of methoxy groups -OCH3 is 1. The molecule has 0 spiro atoms. The Labute approximate surface area is 150 Å². The lowest BCUT2D eigenvalue weighted by molar-refractivity contribution is -0.129. The average Bonchev–Trinajstić information content (AvgIpc) is 3.20. The van der Waals surface area contributed by atoms with Crippen molar-refractivity contribution in [1.29, 1.82) is 0 Å². The van der Waals surface area contributed by atoms with Crippen molar-refractivity contribution in [3.63, 3.8) is 0 Å². The fourth-order valence-electron chi connectivity index (χ4n) is 2.64. The zero-order valence-electron chi connectivity index (χ0n) is 14.0. The first-order chi connectivity index (χ1) is 12.2. The van der Waals surface area contributed by atoms with Crippen LogP contribution in [0.1, 0.15) is 10.6 Å². The third-order valence-corrected chi connectivity index (χ3v) is 5.03. The first-order valence-electron chi connectivity index (χ1n) is 8.05. The molecule has 0 aliphatic carbocycles. The van der Waals surface area contributed by atoms with E-state index in [2.05, 4.69) is 0 Å². The maximum atomic E-state index is 12.4. The van der Waals surface area contributed by atoms with E-state index >= 15 is 0 Å². The van der Waals surface area contributed by atoms with Crippen LogP contribution in [0.3, 0.4) is 0 Å². The largest absolute Gasteiger partial charge is 0.497 e. The number of nitrogens with zero attached hydrogens (tertiary/aromatic N) is 2. The third kappa shape index (κ3) is 4.36. The fourth-order valence-corrected chi connectivity index (χ4v) is 3.49.